The predicted octanol–water partition coefficient (Wildman–Crippen LogP) is 0.429. The van der Waals surface area contributed by atoms with Gasteiger partial charge in [0.05, 0.1) is 0 Å². The van der Waals surface area contributed by atoms with Crippen molar-refractivity contribution in [1.82, 2.24) is 5.32 Å². The number of nitrogens with two attached hydrogens (primary N) is 1. The topological polar surface area (TPSA) is 38.0 Å². The van der Waals surface area contributed by atoms with Gasteiger partial charge in [-0.25, -0.2) is 0 Å². The van der Waals surface area contributed by atoms with E-state index in [0.29, 0.717) is 0 Å². The molecule has 3 heteroatoms. The summed E-state index contributed by atoms with van der Waals surface area (Å²) in [5, 5.41) is 4.09. The van der Waals surface area contributed by atoms with E-state index in [1.165, 1.54) is 12.2 Å². The zero-order valence-corrected chi connectivity index (χ0v) is 7.50. The van der Waals surface area contributed by atoms with E-state index in [1.807, 2.05) is 18.8 Å². The maximum atomic E-state index is 5.67. The molecule has 60 valence electrons. The van der Waals surface area contributed by atoms with Crippen molar-refractivity contribution in [3.05, 3.63) is 0 Å². The van der Waals surface area contributed by atoms with Gasteiger partial charge in [-0.3, -0.25) is 0 Å². The summed E-state index contributed by atoms with van der Waals surface area (Å²) in [6.45, 7) is 3.03. The SMILES string of the molecule is CNC1(CN)CSC(C)C1. The van der Waals surface area contributed by atoms with Crippen LogP contribution in [0.1, 0.15) is 13.3 Å². The van der Waals surface area contributed by atoms with Gasteiger partial charge in [0.1, 0.15) is 0 Å². The summed E-state index contributed by atoms with van der Waals surface area (Å²) in [5.41, 5.74) is 5.91. The Balaban J connectivity index is 2.51. The maximum Gasteiger partial charge on any atom is 0.0403 e. The second-order valence-corrected chi connectivity index (χ2v) is 4.49. The van der Waals surface area contributed by atoms with Crippen LogP contribution in [-0.2, 0) is 0 Å². The van der Waals surface area contributed by atoms with Gasteiger partial charge >= 0.3 is 0 Å². The molecule has 1 rings (SSSR count). The molecule has 0 aromatic rings. The Morgan fingerprint density at radius 2 is 2.50 bits per heavy atom. The highest BCUT2D eigenvalue weighted by molar-refractivity contribution is 8.00. The van der Waals surface area contributed by atoms with E-state index in [9.17, 15) is 0 Å². The highest BCUT2D eigenvalue weighted by Crippen LogP contribution is 2.33. The number of thioether (sulfide) groups is 1. The first-order valence-corrected chi connectivity index (χ1v) is 4.78. The molecule has 1 saturated heterocycles. The summed E-state index contributed by atoms with van der Waals surface area (Å²) in [4.78, 5) is 0. The summed E-state index contributed by atoms with van der Waals surface area (Å²) in [5.74, 6) is 1.17. The molecule has 2 unspecified atom stereocenters. The molecule has 0 amide bonds. The molecule has 0 aromatic carbocycles. The molecule has 2 atom stereocenters. The van der Waals surface area contributed by atoms with E-state index in [2.05, 4.69) is 12.2 Å². The lowest BCUT2D eigenvalue weighted by Gasteiger charge is -2.25. The monoisotopic (exact) mass is 160 g/mol. The minimum atomic E-state index is 0.240. The third-order valence-electron chi connectivity index (χ3n) is 2.24. The van der Waals surface area contributed by atoms with Crippen molar-refractivity contribution >= 4 is 11.8 Å². The molecule has 0 aliphatic carbocycles. The van der Waals surface area contributed by atoms with Gasteiger partial charge in [0, 0.05) is 23.1 Å². The molecule has 0 aromatic heterocycles. The lowest BCUT2D eigenvalue weighted by molar-refractivity contribution is 0.392. The number of nitrogens with one attached hydrogen (secondary N) is 1. The van der Waals surface area contributed by atoms with Crippen LogP contribution < -0.4 is 11.1 Å². The molecule has 2 nitrogen and oxygen atoms in total. The Labute approximate surface area is 66.9 Å². The Morgan fingerprint density at radius 3 is 2.70 bits per heavy atom. The summed E-state index contributed by atoms with van der Waals surface area (Å²) in [7, 11) is 2.01. The fourth-order valence-electron chi connectivity index (χ4n) is 1.39. The first-order chi connectivity index (χ1) is 4.72. The van der Waals surface area contributed by atoms with Gasteiger partial charge < -0.3 is 11.1 Å². The van der Waals surface area contributed by atoms with Crippen LogP contribution in [0.15, 0.2) is 0 Å². The van der Waals surface area contributed by atoms with Crippen LogP contribution in [-0.4, -0.2) is 30.1 Å². The van der Waals surface area contributed by atoms with Crippen LogP contribution in [0.5, 0.6) is 0 Å². The summed E-state index contributed by atoms with van der Waals surface area (Å²) < 4.78 is 0. The third-order valence-corrected chi connectivity index (χ3v) is 3.70. The second kappa shape index (κ2) is 3.11. The fourth-order valence-corrected chi connectivity index (χ4v) is 2.81. The van der Waals surface area contributed by atoms with Crippen molar-refractivity contribution in [3.8, 4) is 0 Å². The Bertz CT molecular complexity index is 112. The molecule has 10 heavy (non-hydrogen) atoms. The average Bonchev–Trinajstić information content (AvgIpc) is 2.33. The zero-order chi connectivity index (χ0) is 7.61. The van der Waals surface area contributed by atoms with E-state index in [1.54, 1.807) is 0 Å². The molecule has 0 radical (unpaired) electrons. The lowest BCUT2D eigenvalue weighted by atomic mass is 9.97. The molecule has 1 aliphatic rings. The molecule has 3 N–H and O–H groups in total. The lowest BCUT2D eigenvalue weighted by Crippen LogP contribution is -2.49. The van der Waals surface area contributed by atoms with Gasteiger partial charge in [0.15, 0.2) is 0 Å². The Kier molecular flexibility index (Phi) is 2.61. The predicted molar refractivity (Wildman–Crippen MR) is 47.4 cm³/mol. The van der Waals surface area contributed by atoms with Crippen molar-refractivity contribution in [2.45, 2.75) is 24.1 Å². The third kappa shape index (κ3) is 1.47. The minimum Gasteiger partial charge on any atom is -0.329 e. The van der Waals surface area contributed by atoms with Gasteiger partial charge in [0.25, 0.3) is 0 Å². The normalized spacial score (nSPS) is 40.5. The second-order valence-electron chi connectivity index (χ2n) is 3.06. The van der Waals surface area contributed by atoms with Crippen molar-refractivity contribution in [3.63, 3.8) is 0 Å². The van der Waals surface area contributed by atoms with Crippen LogP contribution in [0.25, 0.3) is 0 Å². The van der Waals surface area contributed by atoms with Gasteiger partial charge in [0.2, 0.25) is 0 Å². The van der Waals surface area contributed by atoms with Gasteiger partial charge in [-0.05, 0) is 13.5 Å². The molecular weight excluding hydrogens is 144 g/mol. The van der Waals surface area contributed by atoms with Crippen LogP contribution >= 0.6 is 11.8 Å². The van der Waals surface area contributed by atoms with E-state index in [-0.39, 0.29) is 5.54 Å². The van der Waals surface area contributed by atoms with Gasteiger partial charge in [-0.2, -0.15) is 11.8 Å². The number of rotatable bonds is 2. The molecule has 0 saturated carbocycles. The molecule has 1 fully saturated rings. The maximum absolute atomic E-state index is 5.67. The Hall–Kier alpha value is 0.270. The van der Waals surface area contributed by atoms with Crippen LogP contribution in [0, 0.1) is 0 Å². The van der Waals surface area contributed by atoms with Crippen molar-refractivity contribution in [2.24, 2.45) is 5.73 Å². The average molecular weight is 160 g/mol. The molecule has 1 heterocycles. The van der Waals surface area contributed by atoms with Crippen LogP contribution in [0.2, 0.25) is 0 Å². The highest BCUT2D eigenvalue weighted by Gasteiger charge is 2.34. The number of hydrogen-bond donors (Lipinski definition) is 2. The molecule has 1 aliphatic heterocycles. The first kappa shape index (κ1) is 8.37. The molecule has 0 spiro atoms. The quantitative estimate of drug-likeness (QED) is 0.615. The number of hydrogen-bond acceptors (Lipinski definition) is 3. The summed E-state index contributed by atoms with van der Waals surface area (Å²) >= 11 is 2.01. The molecule has 0 bridgehead atoms. The van der Waals surface area contributed by atoms with Gasteiger partial charge in [-0.1, -0.05) is 6.92 Å². The standard InChI is InChI=1S/C7H16N2S/c1-6-3-7(4-8,9-2)5-10-6/h6,9H,3-5,8H2,1-2H3. The summed E-state index contributed by atoms with van der Waals surface area (Å²) in [6, 6.07) is 0. The smallest absolute Gasteiger partial charge is 0.0403 e. The molecular formula is C7H16N2S. The van der Waals surface area contributed by atoms with Crippen LogP contribution in [0.4, 0.5) is 0 Å². The zero-order valence-electron chi connectivity index (χ0n) is 6.68. The van der Waals surface area contributed by atoms with Crippen LogP contribution in [0.3, 0.4) is 0 Å². The first-order valence-electron chi connectivity index (χ1n) is 3.73. The largest absolute Gasteiger partial charge is 0.329 e. The van der Waals surface area contributed by atoms with Crippen molar-refractivity contribution in [1.29, 1.82) is 0 Å². The van der Waals surface area contributed by atoms with E-state index in [4.69, 9.17) is 5.73 Å². The fraction of sp³-hybridized carbons (Fsp3) is 1.00. The minimum absolute atomic E-state index is 0.240. The highest BCUT2D eigenvalue weighted by atomic mass is 32.2. The number of likely N-dealkylation sites (N-methyl/N-ethyl adjacent to an activating group) is 1. The van der Waals surface area contributed by atoms with Crippen molar-refractivity contribution < 1.29 is 0 Å². The van der Waals surface area contributed by atoms with Crippen molar-refractivity contribution in [2.75, 3.05) is 19.3 Å². The Morgan fingerprint density at radius 1 is 1.80 bits per heavy atom. The van der Waals surface area contributed by atoms with Gasteiger partial charge in [-0.15, -0.1) is 0 Å². The van der Waals surface area contributed by atoms with E-state index < -0.39 is 0 Å². The summed E-state index contributed by atoms with van der Waals surface area (Å²) in [6.07, 6.45) is 1.21. The van der Waals surface area contributed by atoms with E-state index >= 15 is 0 Å². The van der Waals surface area contributed by atoms with E-state index in [0.717, 1.165) is 11.8 Å².